The number of aryl methyl sites for hydroxylation is 1. The van der Waals surface area contributed by atoms with Crippen LogP contribution in [0.2, 0.25) is 0 Å². The summed E-state index contributed by atoms with van der Waals surface area (Å²) in [5.74, 6) is 0.583. The number of aliphatic hydroxyl groups is 1. The van der Waals surface area contributed by atoms with Crippen molar-refractivity contribution in [2.45, 2.75) is 30.8 Å². The van der Waals surface area contributed by atoms with E-state index >= 15 is 0 Å². The Kier molecular flexibility index (Phi) is 4.66. The van der Waals surface area contributed by atoms with Crippen molar-refractivity contribution in [3.05, 3.63) is 29.8 Å². The van der Waals surface area contributed by atoms with E-state index in [1.54, 1.807) is 16.7 Å². The zero-order valence-electron chi connectivity index (χ0n) is 10.6. The molecule has 1 heterocycles. The van der Waals surface area contributed by atoms with E-state index in [0.717, 1.165) is 24.3 Å². The average molecular weight is 265 g/mol. The summed E-state index contributed by atoms with van der Waals surface area (Å²) in [5.41, 5.74) is 1.20. The normalized spacial score (nSPS) is 19.9. The molecule has 18 heavy (non-hydrogen) atoms. The first kappa shape index (κ1) is 13.4. The number of hydrogen-bond acceptors (Lipinski definition) is 3. The fraction of sp³-hybridized carbons (Fsp3) is 0.500. The first-order valence-corrected chi connectivity index (χ1v) is 7.29. The summed E-state index contributed by atoms with van der Waals surface area (Å²) in [4.78, 5) is 15.0. The number of nitrogens with zero attached hydrogens (tertiary/aromatic N) is 1. The van der Waals surface area contributed by atoms with Gasteiger partial charge in [0.2, 0.25) is 5.91 Å². The molecule has 1 aromatic carbocycles. The summed E-state index contributed by atoms with van der Waals surface area (Å²) in [7, 11) is 0. The summed E-state index contributed by atoms with van der Waals surface area (Å²) in [6, 6.07) is 8.09. The standard InChI is InChI=1S/C14H19NO2S/c1-11-5-2-3-7-13(11)18-10-14(17)15-8-4-6-12(16)9-15/h2-3,5,7,12,16H,4,6,8-10H2,1H3. The number of rotatable bonds is 3. The topological polar surface area (TPSA) is 40.5 Å². The van der Waals surface area contributed by atoms with E-state index in [2.05, 4.69) is 13.0 Å². The molecule has 0 radical (unpaired) electrons. The Morgan fingerprint density at radius 1 is 1.50 bits per heavy atom. The second kappa shape index (κ2) is 6.25. The smallest absolute Gasteiger partial charge is 0.233 e. The largest absolute Gasteiger partial charge is 0.391 e. The predicted octanol–water partition coefficient (Wildman–Crippen LogP) is 2.07. The van der Waals surface area contributed by atoms with Crippen LogP contribution >= 0.6 is 11.8 Å². The van der Waals surface area contributed by atoms with Gasteiger partial charge in [-0.25, -0.2) is 0 Å². The van der Waals surface area contributed by atoms with Crippen molar-refractivity contribution in [2.24, 2.45) is 0 Å². The number of carbonyl (C=O) groups is 1. The van der Waals surface area contributed by atoms with Gasteiger partial charge in [0.05, 0.1) is 11.9 Å². The van der Waals surface area contributed by atoms with Crippen LogP contribution < -0.4 is 0 Å². The van der Waals surface area contributed by atoms with Crippen LogP contribution in [0.25, 0.3) is 0 Å². The van der Waals surface area contributed by atoms with E-state index in [1.807, 2.05) is 18.2 Å². The Labute approximate surface area is 112 Å². The molecule has 1 N–H and O–H groups in total. The molecule has 1 fully saturated rings. The minimum absolute atomic E-state index is 0.127. The highest BCUT2D eigenvalue weighted by molar-refractivity contribution is 8.00. The van der Waals surface area contributed by atoms with E-state index < -0.39 is 0 Å². The Morgan fingerprint density at radius 3 is 3.00 bits per heavy atom. The zero-order valence-corrected chi connectivity index (χ0v) is 11.4. The van der Waals surface area contributed by atoms with E-state index in [0.29, 0.717) is 12.3 Å². The molecule has 1 saturated heterocycles. The van der Waals surface area contributed by atoms with Crippen LogP contribution in [0.1, 0.15) is 18.4 Å². The van der Waals surface area contributed by atoms with Crippen molar-refractivity contribution in [1.29, 1.82) is 0 Å². The van der Waals surface area contributed by atoms with Gasteiger partial charge < -0.3 is 10.0 Å². The quantitative estimate of drug-likeness (QED) is 0.851. The molecule has 1 amide bonds. The molecule has 0 aliphatic carbocycles. The molecule has 1 atom stereocenters. The van der Waals surface area contributed by atoms with Gasteiger partial charge in [0.15, 0.2) is 0 Å². The molecular weight excluding hydrogens is 246 g/mol. The number of hydrogen-bond donors (Lipinski definition) is 1. The number of piperidine rings is 1. The van der Waals surface area contributed by atoms with Gasteiger partial charge in [-0.05, 0) is 31.4 Å². The minimum atomic E-state index is -0.342. The Bertz CT molecular complexity index is 422. The lowest BCUT2D eigenvalue weighted by atomic mass is 10.1. The molecule has 4 heteroatoms. The van der Waals surface area contributed by atoms with Gasteiger partial charge in [0, 0.05) is 18.0 Å². The molecule has 0 bridgehead atoms. The number of β-amino-alcohol motifs (C(OH)–C–C–N with tert-alkyl or cyclic N) is 1. The van der Waals surface area contributed by atoms with Gasteiger partial charge in [-0.3, -0.25) is 4.79 Å². The summed E-state index contributed by atoms with van der Waals surface area (Å²) in [5, 5.41) is 9.56. The zero-order chi connectivity index (χ0) is 13.0. The molecule has 0 aromatic heterocycles. The van der Waals surface area contributed by atoms with Crippen molar-refractivity contribution in [2.75, 3.05) is 18.8 Å². The maximum Gasteiger partial charge on any atom is 0.233 e. The third-order valence-corrected chi connectivity index (χ3v) is 4.35. The van der Waals surface area contributed by atoms with Crippen LogP contribution in [0.15, 0.2) is 29.2 Å². The van der Waals surface area contributed by atoms with E-state index in [4.69, 9.17) is 0 Å². The molecule has 0 spiro atoms. The lowest BCUT2D eigenvalue weighted by molar-refractivity contribution is -0.131. The number of benzene rings is 1. The molecule has 3 nitrogen and oxygen atoms in total. The fourth-order valence-electron chi connectivity index (χ4n) is 2.13. The first-order valence-electron chi connectivity index (χ1n) is 6.31. The molecule has 0 saturated carbocycles. The second-order valence-corrected chi connectivity index (χ2v) is 5.71. The maximum atomic E-state index is 12.0. The Hall–Kier alpha value is -1.00. The van der Waals surface area contributed by atoms with Crippen LogP contribution in [0.5, 0.6) is 0 Å². The lowest BCUT2D eigenvalue weighted by Gasteiger charge is -2.30. The van der Waals surface area contributed by atoms with Crippen molar-refractivity contribution < 1.29 is 9.90 Å². The van der Waals surface area contributed by atoms with E-state index in [9.17, 15) is 9.90 Å². The summed E-state index contributed by atoms with van der Waals surface area (Å²) in [6.07, 6.45) is 1.38. The third-order valence-electron chi connectivity index (χ3n) is 3.19. The third kappa shape index (κ3) is 3.50. The number of amides is 1. The molecule has 98 valence electrons. The fourth-order valence-corrected chi connectivity index (χ4v) is 3.06. The molecule has 1 aromatic rings. The van der Waals surface area contributed by atoms with Gasteiger partial charge in [-0.2, -0.15) is 0 Å². The van der Waals surface area contributed by atoms with Crippen LogP contribution in [0.4, 0.5) is 0 Å². The molecule has 1 aliphatic heterocycles. The van der Waals surface area contributed by atoms with Crippen LogP contribution in [-0.2, 0) is 4.79 Å². The molecular formula is C14H19NO2S. The van der Waals surface area contributed by atoms with Crippen molar-refractivity contribution >= 4 is 17.7 Å². The number of carbonyl (C=O) groups excluding carboxylic acids is 1. The minimum Gasteiger partial charge on any atom is -0.391 e. The predicted molar refractivity (Wildman–Crippen MR) is 73.7 cm³/mol. The van der Waals surface area contributed by atoms with Gasteiger partial charge in [0.25, 0.3) is 0 Å². The van der Waals surface area contributed by atoms with Gasteiger partial charge >= 0.3 is 0 Å². The van der Waals surface area contributed by atoms with Crippen molar-refractivity contribution in [1.82, 2.24) is 4.90 Å². The summed E-state index contributed by atoms with van der Waals surface area (Å²) >= 11 is 1.58. The Morgan fingerprint density at radius 2 is 2.28 bits per heavy atom. The number of likely N-dealkylation sites (tertiary alicyclic amines) is 1. The SMILES string of the molecule is Cc1ccccc1SCC(=O)N1CCCC(O)C1. The highest BCUT2D eigenvalue weighted by atomic mass is 32.2. The lowest BCUT2D eigenvalue weighted by Crippen LogP contribution is -2.42. The first-order chi connectivity index (χ1) is 8.66. The monoisotopic (exact) mass is 265 g/mol. The Balaban J connectivity index is 1.86. The highest BCUT2D eigenvalue weighted by Gasteiger charge is 2.21. The van der Waals surface area contributed by atoms with Crippen LogP contribution in [0.3, 0.4) is 0 Å². The van der Waals surface area contributed by atoms with Crippen molar-refractivity contribution in [3.63, 3.8) is 0 Å². The maximum absolute atomic E-state index is 12.0. The van der Waals surface area contributed by atoms with E-state index in [-0.39, 0.29) is 12.0 Å². The van der Waals surface area contributed by atoms with E-state index in [1.165, 1.54) is 5.56 Å². The average Bonchev–Trinajstić information content (AvgIpc) is 2.37. The van der Waals surface area contributed by atoms with Gasteiger partial charge in [-0.15, -0.1) is 11.8 Å². The van der Waals surface area contributed by atoms with Crippen LogP contribution in [-0.4, -0.2) is 40.9 Å². The molecule has 1 unspecified atom stereocenters. The summed E-state index contributed by atoms with van der Waals surface area (Å²) in [6.45, 7) is 3.33. The van der Waals surface area contributed by atoms with Gasteiger partial charge in [-0.1, -0.05) is 18.2 Å². The number of aliphatic hydroxyl groups excluding tert-OH is 1. The summed E-state index contributed by atoms with van der Waals surface area (Å²) < 4.78 is 0. The van der Waals surface area contributed by atoms with Gasteiger partial charge in [0.1, 0.15) is 0 Å². The second-order valence-electron chi connectivity index (χ2n) is 4.69. The highest BCUT2D eigenvalue weighted by Crippen LogP contribution is 2.22. The number of thioether (sulfide) groups is 1. The molecule has 2 rings (SSSR count). The molecule has 1 aliphatic rings. The van der Waals surface area contributed by atoms with Crippen molar-refractivity contribution in [3.8, 4) is 0 Å². The van der Waals surface area contributed by atoms with Crippen LogP contribution in [0, 0.1) is 6.92 Å².